The lowest BCUT2D eigenvalue weighted by atomic mass is 9.99. The van der Waals surface area contributed by atoms with Crippen molar-refractivity contribution in [2.45, 2.75) is 25.1 Å². The Morgan fingerprint density at radius 1 is 1.13 bits per heavy atom. The lowest BCUT2D eigenvalue weighted by Gasteiger charge is -2.35. The Morgan fingerprint density at radius 3 is 2.17 bits per heavy atom. The Morgan fingerprint density at radius 2 is 1.70 bits per heavy atom. The second-order valence-electron chi connectivity index (χ2n) is 5.23. The van der Waals surface area contributed by atoms with E-state index in [1.165, 1.54) is 0 Å². The van der Waals surface area contributed by atoms with Gasteiger partial charge in [-0.05, 0) is 24.1 Å². The molecule has 1 heterocycles. The van der Waals surface area contributed by atoms with Crippen LogP contribution in [0.2, 0.25) is 0 Å². The second-order valence-corrected chi connectivity index (χ2v) is 5.23. The molecule has 1 fully saturated rings. The normalized spacial score (nSPS) is 16.9. The summed E-state index contributed by atoms with van der Waals surface area (Å²) < 4.78 is 42.8. The summed E-state index contributed by atoms with van der Waals surface area (Å²) in [4.78, 5) is 2.13. The molecule has 0 aromatic heterocycles. The highest BCUT2D eigenvalue weighted by Gasteiger charge is 2.31. The summed E-state index contributed by atoms with van der Waals surface area (Å²) >= 11 is 0. The standard InChI is InChI=1S/C15H21F3N2O.2ClH/c1-21-13-4-2-12(3-5-13)14(6-7-15(16,17)18)20-10-8-19-9-11-20;;/h2-5,14,19H,6-11H2,1H3;2*1H/t14-;;/m0../s1. The van der Waals surface area contributed by atoms with Gasteiger partial charge < -0.3 is 10.1 Å². The molecule has 1 atom stereocenters. The number of piperazine rings is 1. The van der Waals surface area contributed by atoms with Crippen molar-refractivity contribution in [3.63, 3.8) is 0 Å². The zero-order valence-electron chi connectivity index (χ0n) is 12.9. The number of rotatable bonds is 5. The molecule has 0 unspecified atom stereocenters. The predicted octanol–water partition coefficient (Wildman–Crippen LogP) is 3.83. The van der Waals surface area contributed by atoms with E-state index in [1.807, 2.05) is 12.1 Å². The topological polar surface area (TPSA) is 24.5 Å². The highest BCUT2D eigenvalue weighted by atomic mass is 35.5. The largest absolute Gasteiger partial charge is 0.497 e. The molecule has 0 amide bonds. The van der Waals surface area contributed by atoms with Crippen molar-refractivity contribution in [3.8, 4) is 5.75 Å². The minimum Gasteiger partial charge on any atom is -0.497 e. The highest BCUT2D eigenvalue weighted by Crippen LogP contribution is 2.32. The van der Waals surface area contributed by atoms with Crippen LogP contribution in [0.5, 0.6) is 5.75 Å². The van der Waals surface area contributed by atoms with E-state index in [-0.39, 0.29) is 37.3 Å². The molecule has 134 valence electrons. The lowest BCUT2D eigenvalue weighted by Crippen LogP contribution is -2.45. The molecule has 3 nitrogen and oxygen atoms in total. The van der Waals surface area contributed by atoms with Crippen LogP contribution in [0.1, 0.15) is 24.4 Å². The van der Waals surface area contributed by atoms with Crippen LogP contribution in [0.15, 0.2) is 24.3 Å². The van der Waals surface area contributed by atoms with Crippen LogP contribution in [0.25, 0.3) is 0 Å². The minimum absolute atomic E-state index is 0. The third-order valence-electron chi connectivity index (χ3n) is 3.79. The molecule has 1 aromatic carbocycles. The Hall–Kier alpha value is -0.690. The second kappa shape index (κ2) is 10.2. The van der Waals surface area contributed by atoms with Crippen molar-refractivity contribution < 1.29 is 17.9 Å². The number of ether oxygens (including phenoxy) is 1. The van der Waals surface area contributed by atoms with Gasteiger partial charge in [-0.25, -0.2) is 0 Å². The zero-order valence-corrected chi connectivity index (χ0v) is 14.6. The van der Waals surface area contributed by atoms with E-state index >= 15 is 0 Å². The first kappa shape index (κ1) is 22.3. The van der Waals surface area contributed by atoms with Gasteiger partial charge >= 0.3 is 6.18 Å². The van der Waals surface area contributed by atoms with Gasteiger partial charge in [0.15, 0.2) is 0 Å². The van der Waals surface area contributed by atoms with E-state index in [0.717, 1.165) is 31.7 Å². The third kappa shape index (κ3) is 7.16. The van der Waals surface area contributed by atoms with E-state index in [9.17, 15) is 13.2 Å². The summed E-state index contributed by atoms with van der Waals surface area (Å²) in [6.45, 7) is 3.18. The van der Waals surface area contributed by atoms with E-state index < -0.39 is 12.6 Å². The number of hydrogen-bond donors (Lipinski definition) is 1. The Balaban J connectivity index is 0.00000242. The van der Waals surface area contributed by atoms with Gasteiger partial charge in [0.25, 0.3) is 0 Å². The fourth-order valence-corrected chi connectivity index (χ4v) is 2.68. The molecule has 0 radical (unpaired) electrons. The molecule has 1 aliphatic heterocycles. The van der Waals surface area contributed by atoms with Gasteiger partial charge in [-0.2, -0.15) is 13.2 Å². The molecule has 1 N–H and O–H groups in total. The van der Waals surface area contributed by atoms with Crippen molar-refractivity contribution >= 4 is 24.8 Å². The fraction of sp³-hybridized carbons (Fsp3) is 0.600. The Kier molecular flexibility index (Phi) is 9.93. The quantitative estimate of drug-likeness (QED) is 0.847. The molecule has 8 heteroatoms. The van der Waals surface area contributed by atoms with E-state index in [0.29, 0.717) is 5.75 Å². The summed E-state index contributed by atoms with van der Waals surface area (Å²) in [6, 6.07) is 7.14. The first-order valence-corrected chi connectivity index (χ1v) is 7.15. The molecule has 1 saturated heterocycles. The average Bonchev–Trinajstić information content (AvgIpc) is 2.48. The number of nitrogens with zero attached hydrogens (tertiary/aromatic N) is 1. The Bertz CT molecular complexity index is 437. The fourth-order valence-electron chi connectivity index (χ4n) is 2.68. The van der Waals surface area contributed by atoms with Gasteiger partial charge in [-0.3, -0.25) is 4.90 Å². The first-order chi connectivity index (χ1) is 9.99. The van der Waals surface area contributed by atoms with Gasteiger partial charge in [0.05, 0.1) is 7.11 Å². The summed E-state index contributed by atoms with van der Waals surface area (Å²) in [7, 11) is 1.58. The highest BCUT2D eigenvalue weighted by molar-refractivity contribution is 5.85. The molecular formula is C15H23Cl2F3N2O. The molecule has 0 spiro atoms. The molecule has 0 bridgehead atoms. The van der Waals surface area contributed by atoms with E-state index in [4.69, 9.17) is 4.74 Å². The summed E-state index contributed by atoms with van der Waals surface area (Å²) in [5.41, 5.74) is 0.918. The number of benzene rings is 1. The number of alkyl halides is 3. The molecule has 2 rings (SSSR count). The maximum Gasteiger partial charge on any atom is 0.389 e. The van der Waals surface area contributed by atoms with Crippen LogP contribution in [0.4, 0.5) is 13.2 Å². The van der Waals surface area contributed by atoms with Crippen LogP contribution >= 0.6 is 24.8 Å². The molecule has 23 heavy (non-hydrogen) atoms. The lowest BCUT2D eigenvalue weighted by molar-refractivity contribution is -0.138. The van der Waals surface area contributed by atoms with Gasteiger partial charge in [0, 0.05) is 38.6 Å². The summed E-state index contributed by atoms with van der Waals surface area (Å²) in [6.07, 6.45) is -4.78. The number of methoxy groups -OCH3 is 1. The summed E-state index contributed by atoms with van der Waals surface area (Å²) in [5, 5.41) is 3.23. The monoisotopic (exact) mass is 374 g/mol. The van der Waals surface area contributed by atoms with Crippen molar-refractivity contribution in [3.05, 3.63) is 29.8 Å². The molecule has 0 aliphatic carbocycles. The Labute approximate surface area is 147 Å². The number of hydrogen-bond acceptors (Lipinski definition) is 3. The molecule has 0 saturated carbocycles. The molecular weight excluding hydrogens is 352 g/mol. The van der Waals surface area contributed by atoms with Gasteiger partial charge in [0.2, 0.25) is 0 Å². The van der Waals surface area contributed by atoms with Crippen LogP contribution in [0, 0.1) is 0 Å². The number of nitrogens with one attached hydrogen (secondary N) is 1. The average molecular weight is 375 g/mol. The molecule has 1 aliphatic rings. The first-order valence-electron chi connectivity index (χ1n) is 7.15. The van der Waals surface area contributed by atoms with E-state index in [2.05, 4.69) is 10.2 Å². The SMILES string of the molecule is COc1ccc([C@H](CCC(F)(F)F)N2CCNCC2)cc1.Cl.Cl. The molecule has 1 aromatic rings. The maximum absolute atomic E-state index is 12.6. The van der Waals surface area contributed by atoms with Crippen LogP contribution in [-0.2, 0) is 0 Å². The smallest absolute Gasteiger partial charge is 0.389 e. The minimum atomic E-state index is -4.11. The zero-order chi connectivity index (χ0) is 15.3. The van der Waals surface area contributed by atoms with Crippen molar-refractivity contribution in [1.29, 1.82) is 0 Å². The van der Waals surface area contributed by atoms with Crippen LogP contribution in [0.3, 0.4) is 0 Å². The van der Waals surface area contributed by atoms with E-state index in [1.54, 1.807) is 19.2 Å². The van der Waals surface area contributed by atoms with Gasteiger partial charge in [0.1, 0.15) is 5.75 Å². The van der Waals surface area contributed by atoms with Crippen molar-refractivity contribution in [2.24, 2.45) is 0 Å². The maximum atomic E-state index is 12.6. The number of halogens is 5. The third-order valence-corrected chi connectivity index (χ3v) is 3.79. The van der Waals surface area contributed by atoms with Gasteiger partial charge in [-0.1, -0.05) is 12.1 Å². The van der Waals surface area contributed by atoms with Gasteiger partial charge in [-0.15, -0.1) is 24.8 Å². The van der Waals surface area contributed by atoms with Crippen molar-refractivity contribution in [1.82, 2.24) is 10.2 Å². The predicted molar refractivity (Wildman–Crippen MR) is 90.0 cm³/mol. The summed E-state index contributed by atoms with van der Waals surface area (Å²) in [5.74, 6) is 0.716. The van der Waals surface area contributed by atoms with Crippen molar-refractivity contribution in [2.75, 3.05) is 33.3 Å². The van der Waals surface area contributed by atoms with Crippen LogP contribution < -0.4 is 10.1 Å². The van der Waals surface area contributed by atoms with Crippen LogP contribution in [-0.4, -0.2) is 44.4 Å².